The molecule has 192 valence electrons. The fraction of sp³-hybridized carbons (Fsp3) is 0.517. The minimum absolute atomic E-state index is 0.0245. The highest BCUT2D eigenvalue weighted by Gasteiger charge is 2.12. The number of benzene rings is 2. The van der Waals surface area contributed by atoms with Gasteiger partial charge in [-0.3, -0.25) is 9.59 Å². The number of aromatic hydroxyl groups is 2. The van der Waals surface area contributed by atoms with Gasteiger partial charge in [-0.2, -0.15) is 0 Å². The number of phenols is 2. The molecule has 0 aliphatic carbocycles. The minimum Gasteiger partial charge on any atom is -0.507 e. The molecule has 6 nitrogen and oxygen atoms in total. The first-order valence-corrected chi connectivity index (χ1v) is 12.5. The summed E-state index contributed by atoms with van der Waals surface area (Å²) >= 11 is 0. The van der Waals surface area contributed by atoms with E-state index in [0.717, 1.165) is 52.6 Å². The van der Waals surface area contributed by atoms with E-state index in [4.69, 9.17) is 9.47 Å². The summed E-state index contributed by atoms with van der Waals surface area (Å²) in [5.41, 5.74) is 5.41. The molecule has 0 radical (unpaired) electrons. The van der Waals surface area contributed by atoms with Gasteiger partial charge in [0.05, 0.1) is 0 Å². The second-order valence-electron chi connectivity index (χ2n) is 9.63. The Balaban J connectivity index is 1.71. The van der Waals surface area contributed by atoms with Gasteiger partial charge >= 0.3 is 11.9 Å². The first-order chi connectivity index (χ1) is 16.6. The Morgan fingerprint density at radius 2 is 1.23 bits per heavy atom. The second kappa shape index (κ2) is 13.8. The zero-order valence-electron chi connectivity index (χ0n) is 21.8. The summed E-state index contributed by atoms with van der Waals surface area (Å²) in [6.45, 7) is 10.0. The van der Waals surface area contributed by atoms with E-state index < -0.39 is 0 Å². The summed E-state index contributed by atoms with van der Waals surface area (Å²) in [5, 5.41) is 20.4. The Bertz CT molecular complexity index is 1010. The van der Waals surface area contributed by atoms with Crippen LogP contribution in [0.15, 0.2) is 24.3 Å². The van der Waals surface area contributed by atoms with Crippen LogP contribution >= 0.6 is 0 Å². The standard InChI is InChI=1S/C29H40O6/c1-6-7-24-17-22(15-20(4)28(24)32)8-10-26(30)34-12-13-35-27(31)11-9-23-16-21(5)29(33)25(18-23)14-19(2)3/h15-19,32-33H,6-14H2,1-5H3. The van der Waals surface area contributed by atoms with E-state index >= 15 is 0 Å². The van der Waals surface area contributed by atoms with E-state index in [0.29, 0.717) is 30.3 Å². The highest BCUT2D eigenvalue weighted by Crippen LogP contribution is 2.27. The van der Waals surface area contributed by atoms with Crippen LogP contribution in [0.1, 0.15) is 73.4 Å². The van der Waals surface area contributed by atoms with Crippen LogP contribution in [0.4, 0.5) is 0 Å². The van der Waals surface area contributed by atoms with Gasteiger partial charge in [0.25, 0.3) is 0 Å². The number of carbonyl (C=O) groups is 2. The van der Waals surface area contributed by atoms with E-state index in [1.54, 1.807) is 0 Å². The van der Waals surface area contributed by atoms with Gasteiger partial charge in [0, 0.05) is 12.8 Å². The maximum absolute atomic E-state index is 12.1. The summed E-state index contributed by atoms with van der Waals surface area (Å²) in [6, 6.07) is 7.69. The van der Waals surface area contributed by atoms with Crippen LogP contribution in [0.5, 0.6) is 11.5 Å². The summed E-state index contributed by atoms with van der Waals surface area (Å²) in [5.74, 6) is 0.388. The number of carbonyl (C=O) groups excluding carboxylic acids is 2. The quantitative estimate of drug-likeness (QED) is 0.287. The molecule has 0 spiro atoms. The van der Waals surface area contributed by atoms with Crippen molar-refractivity contribution in [2.24, 2.45) is 5.92 Å². The van der Waals surface area contributed by atoms with E-state index in [1.807, 2.05) is 38.1 Å². The maximum Gasteiger partial charge on any atom is 0.306 e. The Morgan fingerprint density at radius 3 is 1.69 bits per heavy atom. The van der Waals surface area contributed by atoms with Crippen molar-refractivity contribution in [2.45, 2.75) is 79.6 Å². The van der Waals surface area contributed by atoms with Crippen molar-refractivity contribution in [1.82, 2.24) is 0 Å². The molecule has 0 fully saturated rings. The zero-order valence-corrected chi connectivity index (χ0v) is 21.8. The topological polar surface area (TPSA) is 93.1 Å². The molecule has 0 bridgehead atoms. The molecule has 0 heterocycles. The number of rotatable bonds is 13. The molecule has 0 amide bonds. The van der Waals surface area contributed by atoms with Crippen LogP contribution in [0.3, 0.4) is 0 Å². The van der Waals surface area contributed by atoms with E-state index in [9.17, 15) is 19.8 Å². The minimum atomic E-state index is -0.347. The normalized spacial score (nSPS) is 11.0. The predicted octanol–water partition coefficient (Wildman–Crippen LogP) is 5.52. The molecule has 35 heavy (non-hydrogen) atoms. The molecule has 0 unspecified atom stereocenters. The van der Waals surface area contributed by atoms with Crippen LogP contribution in [0.2, 0.25) is 0 Å². The van der Waals surface area contributed by atoms with Gasteiger partial charge in [0.15, 0.2) is 0 Å². The fourth-order valence-electron chi connectivity index (χ4n) is 4.16. The molecular weight excluding hydrogens is 444 g/mol. The van der Waals surface area contributed by atoms with Crippen LogP contribution < -0.4 is 0 Å². The van der Waals surface area contributed by atoms with E-state index in [1.165, 1.54) is 0 Å². The number of ether oxygens (including phenoxy) is 2. The Hall–Kier alpha value is -3.02. The Morgan fingerprint density at radius 1 is 0.771 bits per heavy atom. The molecular formula is C29H40O6. The zero-order chi connectivity index (χ0) is 26.0. The lowest BCUT2D eigenvalue weighted by Gasteiger charge is -2.13. The summed E-state index contributed by atoms with van der Waals surface area (Å²) in [7, 11) is 0. The van der Waals surface area contributed by atoms with Crippen molar-refractivity contribution in [3.63, 3.8) is 0 Å². The average molecular weight is 485 g/mol. The molecule has 2 rings (SSSR count). The van der Waals surface area contributed by atoms with Crippen LogP contribution in [0, 0.1) is 19.8 Å². The number of hydrogen-bond donors (Lipinski definition) is 2. The molecule has 0 aromatic heterocycles. The smallest absolute Gasteiger partial charge is 0.306 e. The summed E-state index contributed by atoms with van der Waals surface area (Å²) in [4.78, 5) is 24.2. The van der Waals surface area contributed by atoms with Gasteiger partial charge in [0.1, 0.15) is 24.7 Å². The lowest BCUT2D eigenvalue weighted by molar-refractivity contribution is -0.152. The lowest BCUT2D eigenvalue weighted by atomic mass is 9.96. The second-order valence-corrected chi connectivity index (χ2v) is 9.63. The average Bonchev–Trinajstić information content (AvgIpc) is 2.80. The van der Waals surface area contributed by atoms with E-state index in [-0.39, 0.29) is 38.0 Å². The molecule has 2 aromatic carbocycles. The molecule has 0 aliphatic heterocycles. The van der Waals surface area contributed by atoms with E-state index in [2.05, 4.69) is 20.8 Å². The van der Waals surface area contributed by atoms with Crippen LogP contribution in [-0.2, 0) is 44.7 Å². The third-order valence-electron chi connectivity index (χ3n) is 5.87. The number of phenolic OH excluding ortho intramolecular Hbond substituents is 2. The fourth-order valence-corrected chi connectivity index (χ4v) is 4.16. The van der Waals surface area contributed by atoms with Gasteiger partial charge in [-0.15, -0.1) is 0 Å². The first kappa shape index (κ1) is 28.2. The van der Waals surface area contributed by atoms with Crippen molar-refractivity contribution >= 4 is 11.9 Å². The number of aryl methyl sites for hydroxylation is 5. The number of hydrogen-bond acceptors (Lipinski definition) is 6. The molecule has 2 N–H and O–H groups in total. The highest BCUT2D eigenvalue weighted by atomic mass is 16.6. The third kappa shape index (κ3) is 9.27. The first-order valence-electron chi connectivity index (χ1n) is 12.5. The van der Waals surface area contributed by atoms with Crippen molar-refractivity contribution in [2.75, 3.05) is 13.2 Å². The van der Waals surface area contributed by atoms with Gasteiger partial charge in [-0.25, -0.2) is 0 Å². The SMILES string of the molecule is CCCc1cc(CCC(=O)OCCOC(=O)CCc2cc(C)c(O)c(CC(C)C)c2)cc(C)c1O. The number of esters is 2. The summed E-state index contributed by atoms with van der Waals surface area (Å²) < 4.78 is 10.4. The van der Waals surface area contributed by atoms with Gasteiger partial charge in [0.2, 0.25) is 0 Å². The molecule has 6 heteroatoms. The molecule has 0 atom stereocenters. The van der Waals surface area contributed by atoms with Crippen molar-refractivity contribution in [1.29, 1.82) is 0 Å². The van der Waals surface area contributed by atoms with Crippen LogP contribution in [-0.4, -0.2) is 35.4 Å². The summed E-state index contributed by atoms with van der Waals surface area (Å²) in [6.07, 6.45) is 4.01. The van der Waals surface area contributed by atoms with Crippen LogP contribution in [0.25, 0.3) is 0 Å². The third-order valence-corrected chi connectivity index (χ3v) is 5.87. The molecule has 2 aromatic rings. The van der Waals surface area contributed by atoms with Crippen molar-refractivity contribution < 1.29 is 29.3 Å². The monoisotopic (exact) mass is 484 g/mol. The molecule has 0 saturated heterocycles. The van der Waals surface area contributed by atoms with Crippen molar-refractivity contribution in [3.05, 3.63) is 57.6 Å². The highest BCUT2D eigenvalue weighted by molar-refractivity contribution is 5.70. The van der Waals surface area contributed by atoms with Gasteiger partial charge < -0.3 is 19.7 Å². The Labute approximate surface area is 209 Å². The lowest BCUT2D eigenvalue weighted by Crippen LogP contribution is -2.14. The maximum atomic E-state index is 12.1. The Kier molecular flexibility index (Phi) is 11.1. The van der Waals surface area contributed by atoms with Gasteiger partial charge in [-0.05, 0) is 78.8 Å². The predicted molar refractivity (Wildman–Crippen MR) is 137 cm³/mol. The largest absolute Gasteiger partial charge is 0.507 e. The molecule has 0 aliphatic rings. The van der Waals surface area contributed by atoms with Gasteiger partial charge in [-0.1, -0.05) is 51.5 Å². The molecule has 0 saturated carbocycles. The van der Waals surface area contributed by atoms with Crippen molar-refractivity contribution in [3.8, 4) is 11.5 Å².